The fraction of sp³-hybridized carbons (Fsp3) is 0.440. The van der Waals surface area contributed by atoms with Crippen LogP contribution in [-0.4, -0.2) is 47.2 Å². The predicted molar refractivity (Wildman–Crippen MR) is 125 cm³/mol. The first-order valence-electron chi connectivity index (χ1n) is 11.5. The minimum absolute atomic E-state index is 0.0663. The van der Waals surface area contributed by atoms with Crippen molar-refractivity contribution in [3.8, 4) is 0 Å². The van der Waals surface area contributed by atoms with Gasteiger partial charge in [0.1, 0.15) is 5.65 Å². The average molecular weight is 418 g/mol. The fourth-order valence-corrected chi connectivity index (χ4v) is 4.97. The summed E-state index contributed by atoms with van der Waals surface area (Å²) >= 11 is 0. The molecule has 6 rings (SSSR count). The molecular formula is C25H31N5O. The average Bonchev–Trinajstić information content (AvgIpc) is 2.94. The quantitative estimate of drug-likeness (QED) is 0.646. The highest BCUT2D eigenvalue weighted by Crippen LogP contribution is 2.27. The number of aryl methyl sites for hydroxylation is 1. The number of rotatable bonds is 6. The molecule has 31 heavy (non-hydrogen) atoms. The third kappa shape index (κ3) is 4.17. The van der Waals surface area contributed by atoms with E-state index in [2.05, 4.69) is 56.3 Å². The zero-order valence-corrected chi connectivity index (χ0v) is 18.2. The van der Waals surface area contributed by atoms with Crippen LogP contribution in [0.2, 0.25) is 0 Å². The maximum Gasteiger partial charge on any atom is 0.252 e. The van der Waals surface area contributed by atoms with E-state index in [9.17, 15) is 4.79 Å². The minimum Gasteiger partial charge on any atom is -0.366 e. The van der Waals surface area contributed by atoms with Crippen molar-refractivity contribution in [2.45, 2.75) is 51.2 Å². The lowest BCUT2D eigenvalue weighted by molar-refractivity contribution is 0.0954. The van der Waals surface area contributed by atoms with E-state index in [1.54, 1.807) is 6.20 Å². The zero-order valence-electron chi connectivity index (χ0n) is 18.2. The smallest absolute Gasteiger partial charge is 0.252 e. The van der Waals surface area contributed by atoms with Gasteiger partial charge in [0.05, 0.1) is 5.56 Å². The van der Waals surface area contributed by atoms with Gasteiger partial charge in [-0.3, -0.25) is 4.79 Å². The predicted octanol–water partition coefficient (Wildman–Crippen LogP) is 3.36. The van der Waals surface area contributed by atoms with Crippen molar-refractivity contribution < 1.29 is 4.79 Å². The van der Waals surface area contributed by atoms with Gasteiger partial charge in [-0.25, -0.2) is 4.98 Å². The van der Waals surface area contributed by atoms with Crippen molar-refractivity contribution in [2.24, 2.45) is 0 Å². The molecule has 2 atom stereocenters. The number of pyridine rings is 1. The number of nitrogens with one attached hydrogen (secondary N) is 2. The maximum atomic E-state index is 12.6. The van der Waals surface area contributed by atoms with Gasteiger partial charge in [0.25, 0.3) is 5.91 Å². The van der Waals surface area contributed by atoms with Crippen LogP contribution < -0.4 is 15.5 Å². The van der Waals surface area contributed by atoms with Crippen LogP contribution in [-0.2, 0) is 13.0 Å². The van der Waals surface area contributed by atoms with Gasteiger partial charge in [0.2, 0.25) is 0 Å². The van der Waals surface area contributed by atoms with Crippen molar-refractivity contribution in [3.05, 3.63) is 59.9 Å². The lowest BCUT2D eigenvalue weighted by Crippen LogP contribution is -2.54. The Labute approximate surface area is 183 Å². The lowest BCUT2D eigenvalue weighted by atomic mass is 10.1. The summed E-state index contributed by atoms with van der Waals surface area (Å²) in [4.78, 5) is 19.6. The van der Waals surface area contributed by atoms with Crippen LogP contribution in [0.5, 0.6) is 0 Å². The third-order valence-electron chi connectivity index (χ3n) is 6.76. The van der Waals surface area contributed by atoms with E-state index in [4.69, 9.17) is 0 Å². The zero-order chi connectivity index (χ0) is 21.2. The molecule has 162 valence electrons. The molecule has 0 spiro atoms. The minimum atomic E-state index is -0.0663. The van der Waals surface area contributed by atoms with Crippen LogP contribution in [0.1, 0.15) is 42.1 Å². The highest BCUT2D eigenvalue weighted by atomic mass is 16.1. The number of aromatic nitrogens is 2. The van der Waals surface area contributed by atoms with E-state index in [1.165, 1.54) is 30.5 Å². The van der Waals surface area contributed by atoms with Crippen LogP contribution in [0, 0.1) is 0 Å². The van der Waals surface area contributed by atoms with Gasteiger partial charge in [0, 0.05) is 61.7 Å². The Kier molecular flexibility index (Phi) is 5.64. The summed E-state index contributed by atoms with van der Waals surface area (Å²) in [5.41, 5.74) is 4.11. The molecule has 0 saturated carbocycles. The van der Waals surface area contributed by atoms with E-state index in [1.807, 2.05) is 18.3 Å². The first-order valence-corrected chi connectivity index (χ1v) is 11.5. The van der Waals surface area contributed by atoms with Crippen molar-refractivity contribution in [3.63, 3.8) is 0 Å². The Bertz CT molecular complexity index is 1050. The highest BCUT2D eigenvalue weighted by molar-refractivity contribution is 5.96. The summed E-state index contributed by atoms with van der Waals surface area (Å²) in [5, 5.41) is 7.71. The molecule has 1 amide bonds. The van der Waals surface area contributed by atoms with Gasteiger partial charge in [-0.05, 0) is 62.4 Å². The molecular weight excluding hydrogens is 386 g/mol. The van der Waals surface area contributed by atoms with E-state index in [0.717, 1.165) is 37.1 Å². The number of piperazine rings is 1. The molecule has 3 aliphatic rings. The molecule has 2 bridgehead atoms. The Morgan fingerprint density at radius 1 is 1.23 bits per heavy atom. The number of carbonyl (C=O) groups excluding carboxylic acids is 1. The molecule has 6 nitrogen and oxygen atoms in total. The number of benzene rings is 1. The maximum absolute atomic E-state index is 12.6. The van der Waals surface area contributed by atoms with E-state index < -0.39 is 0 Å². The Morgan fingerprint density at radius 2 is 2.10 bits per heavy atom. The van der Waals surface area contributed by atoms with Gasteiger partial charge < -0.3 is 20.1 Å². The van der Waals surface area contributed by atoms with Gasteiger partial charge in [-0.2, -0.15) is 0 Å². The number of amides is 1. The molecule has 0 radical (unpaired) electrons. The molecule has 1 aromatic carbocycles. The molecule has 6 heteroatoms. The molecule has 2 aromatic heterocycles. The molecule has 3 fully saturated rings. The SMILES string of the molecule is CCn1ccc2cc(C(=O)NCCc3ccc(N4CC5CCCC4CN5)cc3)cnc21. The molecule has 3 aliphatic heterocycles. The first-order chi connectivity index (χ1) is 15.2. The van der Waals surface area contributed by atoms with E-state index >= 15 is 0 Å². The molecule has 3 aromatic rings. The van der Waals surface area contributed by atoms with Crippen LogP contribution in [0.15, 0.2) is 48.8 Å². The fourth-order valence-electron chi connectivity index (χ4n) is 4.97. The Morgan fingerprint density at radius 3 is 2.94 bits per heavy atom. The van der Waals surface area contributed by atoms with Gasteiger partial charge in [-0.1, -0.05) is 12.1 Å². The Balaban J connectivity index is 1.16. The largest absolute Gasteiger partial charge is 0.366 e. The van der Waals surface area contributed by atoms with E-state index in [-0.39, 0.29) is 5.91 Å². The van der Waals surface area contributed by atoms with Crippen LogP contribution in [0.25, 0.3) is 11.0 Å². The first kappa shape index (κ1) is 20.1. The van der Waals surface area contributed by atoms with Crippen LogP contribution in [0.4, 0.5) is 5.69 Å². The summed E-state index contributed by atoms with van der Waals surface area (Å²) < 4.78 is 2.08. The summed E-state index contributed by atoms with van der Waals surface area (Å²) in [5.74, 6) is -0.0663. The summed E-state index contributed by atoms with van der Waals surface area (Å²) in [6.45, 7) is 5.78. The van der Waals surface area contributed by atoms with Crippen molar-refractivity contribution in [2.75, 3.05) is 24.5 Å². The van der Waals surface area contributed by atoms with Crippen molar-refractivity contribution in [1.29, 1.82) is 0 Å². The van der Waals surface area contributed by atoms with Gasteiger partial charge >= 0.3 is 0 Å². The number of carbonyl (C=O) groups is 1. The molecule has 2 unspecified atom stereocenters. The van der Waals surface area contributed by atoms with Crippen LogP contribution >= 0.6 is 0 Å². The normalized spacial score (nSPS) is 20.7. The topological polar surface area (TPSA) is 62.2 Å². The number of hydrogen-bond donors (Lipinski definition) is 2. The lowest BCUT2D eigenvalue weighted by Gasteiger charge is -2.39. The standard InChI is InChI=1S/C25H31N5O/c1-2-29-13-11-19-14-20(15-28-24(19)29)25(31)26-12-10-18-6-8-22(9-7-18)30-17-21-4-3-5-23(30)16-27-21/h6-9,11,13-15,21,23,27H,2-5,10,12,16-17H2,1H3,(H,26,31). The number of fused-ring (bicyclic) bond motifs is 5. The van der Waals surface area contributed by atoms with E-state index in [0.29, 0.717) is 24.2 Å². The van der Waals surface area contributed by atoms with Crippen molar-refractivity contribution in [1.82, 2.24) is 20.2 Å². The third-order valence-corrected chi connectivity index (χ3v) is 6.76. The molecule has 5 heterocycles. The number of hydrogen-bond acceptors (Lipinski definition) is 4. The van der Waals surface area contributed by atoms with Crippen molar-refractivity contribution >= 4 is 22.6 Å². The molecule has 2 N–H and O–H groups in total. The second kappa shape index (κ2) is 8.71. The van der Waals surface area contributed by atoms with Gasteiger partial charge in [-0.15, -0.1) is 0 Å². The number of nitrogens with zero attached hydrogens (tertiary/aromatic N) is 3. The second-order valence-electron chi connectivity index (χ2n) is 8.75. The molecule has 0 aliphatic carbocycles. The molecule has 3 saturated heterocycles. The second-order valence-corrected chi connectivity index (χ2v) is 8.75. The van der Waals surface area contributed by atoms with Crippen LogP contribution in [0.3, 0.4) is 0 Å². The Hall–Kier alpha value is -2.86. The summed E-state index contributed by atoms with van der Waals surface area (Å²) in [6, 6.07) is 14.1. The number of anilines is 1. The monoisotopic (exact) mass is 417 g/mol. The van der Waals surface area contributed by atoms with Gasteiger partial charge in [0.15, 0.2) is 0 Å². The highest BCUT2D eigenvalue weighted by Gasteiger charge is 2.30. The summed E-state index contributed by atoms with van der Waals surface area (Å²) in [7, 11) is 0. The summed E-state index contributed by atoms with van der Waals surface area (Å²) in [6.07, 6.45) is 8.39.